The SMILES string of the molecule is O=P(O)(O)O.[KH].[Tm]. The van der Waals surface area contributed by atoms with E-state index >= 15 is 0 Å². The van der Waals surface area contributed by atoms with E-state index in [1.165, 1.54) is 0 Å². The molecule has 0 aromatic heterocycles. The molecule has 0 saturated heterocycles. The standard InChI is InChI=1S/K.H3O4P.Tm.H/c;1-5(2,3)4;;/h;(H3,1,2,3,4);;. The molecule has 0 heterocycles. The van der Waals surface area contributed by atoms with Crippen LogP contribution in [0, 0.1) is 36.9 Å². The van der Waals surface area contributed by atoms with E-state index in [2.05, 4.69) is 0 Å². The largest absolute Gasteiger partial charge is 0 e. The molecule has 0 aliphatic rings. The van der Waals surface area contributed by atoms with Gasteiger partial charge in [-0.25, -0.2) is 4.57 Å². The van der Waals surface area contributed by atoms with Gasteiger partial charge in [-0.05, 0) is 0 Å². The van der Waals surface area contributed by atoms with E-state index in [0.29, 0.717) is 0 Å². The van der Waals surface area contributed by atoms with Crippen LogP contribution in [0.1, 0.15) is 0 Å². The van der Waals surface area contributed by atoms with E-state index in [1.807, 2.05) is 0 Å². The molecule has 0 aromatic rings. The first-order valence-corrected chi connectivity index (χ1v) is 2.35. The van der Waals surface area contributed by atoms with Crippen LogP contribution in [-0.2, 0) is 4.57 Å². The Morgan fingerprint density at radius 3 is 1.14 bits per heavy atom. The summed E-state index contributed by atoms with van der Waals surface area (Å²) in [5.74, 6) is 0. The Bertz CT molecular complexity index is 57.8. The topological polar surface area (TPSA) is 77.8 Å². The van der Waals surface area contributed by atoms with E-state index in [9.17, 15) is 0 Å². The zero-order valence-electron chi connectivity index (χ0n) is 2.47. The fourth-order valence-corrected chi connectivity index (χ4v) is 0. The van der Waals surface area contributed by atoms with Crippen LogP contribution in [0.3, 0.4) is 0 Å². The van der Waals surface area contributed by atoms with Crippen molar-refractivity contribution in [2.24, 2.45) is 0 Å². The molecular weight excluding hydrogens is 303 g/mol. The molecule has 1 radical (unpaired) electrons. The van der Waals surface area contributed by atoms with Crippen molar-refractivity contribution in [3.8, 4) is 0 Å². The molecule has 0 bridgehead atoms. The van der Waals surface area contributed by atoms with Crippen molar-refractivity contribution in [1.82, 2.24) is 0 Å². The minimum atomic E-state index is -4.64. The van der Waals surface area contributed by atoms with Gasteiger partial charge in [0.15, 0.2) is 0 Å². The second kappa shape index (κ2) is 7.09. The van der Waals surface area contributed by atoms with Gasteiger partial charge in [0.25, 0.3) is 0 Å². The zero-order valence-corrected chi connectivity index (χ0v) is 5.15. The summed E-state index contributed by atoms with van der Waals surface area (Å²) in [7, 11) is -4.64. The monoisotopic (exact) mass is 307 g/mol. The molecule has 0 aliphatic heterocycles. The average Bonchev–Trinajstić information content (AvgIpc) is 0.722. The van der Waals surface area contributed by atoms with Gasteiger partial charge in [0.05, 0.1) is 0 Å². The molecule has 0 saturated carbocycles. The Kier molecular flexibility index (Phi) is 16.7. The maximum absolute atomic E-state index is 8.88. The minimum Gasteiger partial charge on any atom is 0 e. The Morgan fingerprint density at radius 2 is 1.14 bits per heavy atom. The first kappa shape index (κ1) is 16.5. The number of hydrogen-bond donors (Lipinski definition) is 3. The van der Waals surface area contributed by atoms with Crippen LogP contribution in [0.4, 0.5) is 0 Å². The van der Waals surface area contributed by atoms with Gasteiger partial charge in [0.1, 0.15) is 0 Å². The third kappa shape index (κ3) is 49.3. The van der Waals surface area contributed by atoms with Gasteiger partial charge < -0.3 is 14.7 Å². The van der Waals surface area contributed by atoms with Crippen LogP contribution >= 0.6 is 7.82 Å². The van der Waals surface area contributed by atoms with Crippen molar-refractivity contribution in [2.45, 2.75) is 0 Å². The van der Waals surface area contributed by atoms with Gasteiger partial charge in [-0.2, -0.15) is 0 Å². The summed E-state index contributed by atoms with van der Waals surface area (Å²) in [4.78, 5) is 21.6. The molecule has 7 heavy (non-hydrogen) atoms. The zero-order chi connectivity index (χ0) is 4.50. The van der Waals surface area contributed by atoms with Gasteiger partial charge in [-0.1, -0.05) is 0 Å². The van der Waals surface area contributed by atoms with Crippen LogP contribution < -0.4 is 0 Å². The van der Waals surface area contributed by atoms with Gasteiger partial charge in [-0.15, -0.1) is 0 Å². The van der Waals surface area contributed by atoms with Crippen molar-refractivity contribution in [1.29, 1.82) is 0 Å². The third-order valence-electron chi connectivity index (χ3n) is 0. The summed E-state index contributed by atoms with van der Waals surface area (Å²) in [6.07, 6.45) is 0. The average molecular weight is 307 g/mol. The Hall–Kier alpha value is 2.98. The Labute approximate surface area is 113 Å². The first-order chi connectivity index (χ1) is 2.00. The molecule has 0 unspecified atom stereocenters. The summed E-state index contributed by atoms with van der Waals surface area (Å²) < 4.78 is 8.88. The van der Waals surface area contributed by atoms with Crippen molar-refractivity contribution < 1.29 is 56.1 Å². The molecule has 3 N–H and O–H groups in total. The van der Waals surface area contributed by atoms with Crippen molar-refractivity contribution in [2.75, 3.05) is 0 Å². The van der Waals surface area contributed by atoms with Crippen LogP contribution in [0.15, 0.2) is 0 Å². The molecule has 0 aliphatic carbocycles. The van der Waals surface area contributed by atoms with Gasteiger partial charge in [-0.3, -0.25) is 0 Å². The normalized spacial score (nSPS) is 8.43. The number of phosphoric acid groups is 1. The predicted octanol–water partition coefficient (Wildman–Crippen LogP) is -1.58. The molecule has 0 amide bonds. The van der Waals surface area contributed by atoms with Crippen LogP contribution in [0.25, 0.3) is 0 Å². The third-order valence-corrected chi connectivity index (χ3v) is 0. The van der Waals surface area contributed by atoms with E-state index in [-0.39, 0.29) is 88.3 Å². The molecule has 7 heteroatoms. The van der Waals surface area contributed by atoms with Gasteiger partial charge in [0.2, 0.25) is 0 Å². The van der Waals surface area contributed by atoms with E-state index in [0.717, 1.165) is 0 Å². The van der Waals surface area contributed by atoms with Gasteiger partial charge >= 0.3 is 59.2 Å². The van der Waals surface area contributed by atoms with Crippen LogP contribution in [0.2, 0.25) is 0 Å². The van der Waals surface area contributed by atoms with Crippen molar-refractivity contribution >= 4 is 59.2 Å². The fraction of sp³-hybridized carbons (Fsp3) is 0. The molecule has 0 aromatic carbocycles. The van der Waals surface area contributed by atoms with E-state index in [4.69, 9.17) is 19.2 Å². The number of rotatable bonds is 0. The molecular formula is H4KO4PTm. The maximum atomic E-state index is 8.88. The summed E-state index contributed by atoms with van der Waals surface area (Å²) in [6.45, 7) is 0. The molecule has 0 spiro atoms. The second-order valence-corrected chi connectivity index (χ2v) is 1.54. The fourth-order valence-electron chi connectivity index (χ4n) is 0. The molecule has 0 fully saturated rings. The molecule has 47 valence electrons. The number of hydrogen-bond acceptors (Lipinski definition) is 1. The smallest absolute Gasteiger partial charge is 0 e. The Balaban J connectivity index is -0.0000000800. The first-order valence-electron chi connectivity index (χ1n) is 0.783. The maximum Gasteiger partial charge on any atom is 0 e. The second-order valence-electron chi connectivity index (χ2n) is 0.513. The van der Waals surface area contributed by atoms with Crippen molar-refractivity contribution in [3.63, 3.8) is 0 Å². The van der Waals surface area contributed by atoms with Crippen molar-refractivity contribution in [3.05, 3.63) is 0 Å². The quantitative estimate of drug-likeness (QED) is 0.373. The van der Waals surface area contributed by atoms with Crippen LogP contribution in [0.5, 0.6) is 0 Å². The van der Waals surface area contributed by atoms with Crippen LogP contribution in [-0.4, -0.2) is 66.1 Å². The molecule has 0 atom stereocenters. The summed E-state index contributed by atoms with van der Waals surface area (Å²) in [5, 5.41) is 0. The summed E-state index contributed by atoms with van der Waals surface area (Å²) in [5.41, 5.74) is 0. The molecule has 0 rings (SSSR count). The summed E-state index contributed by atoms with van der Waals surface area (Å²) >= 11 is 0. The molecule has 4 nitrogen and oxygen atoms in total. The Morgan fingerprint density at radius 1 is 1.14 bits per heavy atom. The summed E-state index contributed by atoms with van der Waals surface area (Å²) in [6, 6.07) is 0. The van der Waals surface area contributed by atoms with Gasteiger partial charge in [0, 0.05) is 36.9 Å². The van der Waals surface area contributed by atoms with E-state index < -0.39 is 7.82 Å². The van der Waals surface area contributed by atoms with E-state index in [1.54, 1.807) is 0 Å². The minimum absolute atomic E-state index is 0. The predicted molar refractivity (Wildman–Crippen MR) is 21.4 cm³/mol.